The molecule has 1 aliphatic heterocycles. The maximum absolute atomic E-state index is 12.0. The summed E-state index contributed by atoms with van der Waals surface area (Å²) in [5.74, 6) is 0.276. The first-order valence-electron chi connectivity index (χ1n) is 6.88. The predicted octanol–water partition coefficient (Wildman–Crippen LogP) is 2.33. The molecule has 0 bridgehead atoms. The number of rotatable bonds is 3. The van der Waals surface area contributed by atoms with E-state index in [2.05, 4.69) is 12.2 Å². The fraction of sp³-hybridized carbons (Fsp3) is 0.467. The fourth-order valence-electron chi connectivity index (χ4n) is 2.39. The molecule has 1 N–H and O–H groups in total. The van der Waals surface area contributed by atoms with Gasteiger partial charge in [-0.1, -0.05) is 18.5 Å². The Kier molecular flexibility index (Phi) is 5.01. The lowest BCUT2D eigenvalue weighted by Crippen LogP contribution is -2.44. The lowest BCUT2D eigenvalue weighted by molar-refractivity contribution is -0.131. The van der Waals surface area contributed by atoms with Gasteiger partial charge in [-0.05, 0) is 43.0 Å². The van der Waals surface area contributed by atoms with Crippen molar-refractivity contribution < 1.29 is 9.59 Å². The second-order valence-electron chi connectivity index (χ2n) is 5.28. The van der Waals surface area contributed by atoms with E-state index < -0.39 is 0 Å². The molecule has 108 valence electrons. The summed E-state index contributed by atoms with van der Waals surface area (Å²) < 4.78 is 0. The molecule has 1 aromatic carbocycles. The summed E-state index contributed by atoms with van der Waals surface area (Å²) in [6, 6.07) is 6.60. The van der Waals surface area contributed by atoms with Crippen molar-refractivity contribution in [3.8, 4) is 0 Å². The predicted molar refractivity (Wildman–Crippen MR) is 78.8 cm³/mol. The van der Waals surface area contributed by atoms with E-state index in [4.69, 9.17) is 11.6 Å². The van der Waals surface area contributed by atoms with Gasteiger partial charge in [0.15, 0.2) is 0 Å². The van der Waals surface area contributed by atoms with Crippen LogP contribution in [0.5, 0.6) is 0 Å². The number of carbonyl (C=O) groups excluding carboxylic acids is 2. The summed E-state index contributed by atoms with van der Waals surface area (Å²) in [4.78, 5) is 25.7. The number of piperidine rings is 1. The minimum atomic E-state index is -0.250. The molecule has 1 saturated heterocycles. The van der Waals surface area contributed by atoms with Gasteiger partial charge < -0.3 is 10.2 Å². The minimum absolute atomic E-state index is 0.0149. The van der Waals surface area contributed by atoms with Crippen molar-refractivity contribution in [1.29, 1.82) is 0 Å². The normalized spacial score (nSPS) is 18.7. The molecule has 2 rings (SSSR count). The third kappa shape index (κ3) is 3.97. The maximum atomic E-state index is 12.0. The highest BCUT2D eigenvalue weighted by Crippen LogP contribution is 2.15. The van der Waals surface area contributed by atoms with Crippen molar-refractivity contribution in [1.82, 2.24) is 10.2 Å². The van der Waals surface area contributed by atoms with E-state index in [1.54, 1.807) is 24.3 Å². The van der Waals surface area contributed by atoms with Crippen molar-refractivity contribution in [2.24, 2.45) is 5.92 Å². The monoisotopic (exact) mass is 294 g/mol. The summed E-state index contributed by atoms with van der Waals surface area (Å²) in [5, 5.41) is 3.24. The molecule has 0 unspecified atom stereocenters. The lowest BCUT2D eigenvalue weighted by atomic mass is 10.0. The Balaban J connectivity index is 1.83. The van der Waals surface area contributed by atoms with E-state index in [0.717, 1.165) is 19.5 Å². The molecule has 0 aliphatic carbocycles. The highest BCUT2D eigenvalue weighted by atomic mass is 35.5. The van der Waals surface area contributed by atoms with E-state index in [1.165, 1.54) is 6.42 Å². The standard InChI is InChI=1S/C15H19ClN2O2/c1-11-3-2-8-18(10-11)14(19)9-17-15(20)12-4-6-13(16)7-5-12/h4-7,11H,2-3,8-10H2,1H3,(H,17,20)/t11-/m1/s1. The largest absolute Gasteiger partial charge is 0.343 e. The zero-order valence-electron chi connectivity index (χ0n) is 11.6. The summed E-state index contributed by atoms with van der Waals surface area (Å²) in [6.45, 7) is 3.77. The van der Waals surface area contributed by atoms with Crippen LogP contribution in [0.3, 0.4) is 0 Å². The number of halogens is 1. The summed E-state index contributed by atoms with van der Waals surface area (Å²) in [6.07, 6.45) is 2.21. The quantitative estimate of drug-likeness (QED) is 0.930. The van der Waals surface area contributed by atoms with Gasteiger partial charge in [-0.25, -0.2) is 0 Å². The molecular formula is C15H19ClN2O2. The zero-order valence-corrected chi connectivity index (χ0v) is 12.3. The van der Waals surface area contributed by atoms with Crippen molar-refractivity contribution in [3.63, 3.8) is 0 Å². The van der Waals surface area contributed by atoms with Gasteiger partial charge in [-0.2, -0.15) is 0 Å². The Morgan fingerprint density at radius 3 is 2.70 bits per heavy atom. The maximum Gasteiger partial charge on any atom is 0.251 e. The molecule has 1 fully saturated rings. The van der Waals surface area contributed by atoms with E-state index in [-0.39, 0.29) is 18.4 Å². The SMILES string of the molecule is C[C@@H]1CCCN(C(=O)CNC(=O)c2ccc(Cl)cc2)C1. The molecule has 1 aromatic rings. The van der Waals surface area contributed by atoms with Crippen LogP contribution in [-0.4, -0.2) is 36.3 Å². The molecule has 20 heavy (non-hydrogen) atoms. The smallest absolute Gasteiger partial charge is 0.251 e. The number of benzene rings is 1. The van der Waals surface area contributed by atoms with Crippen molar-refractivity contribution >= 4 is 23.4 Å². The Hall–Kier alpha value is -1.55. The zero-order chi connectivity index (χ0) is 14.5. The van der Waals surface area contributed by atoms with Crippen LogP contribution in [0.4, 0.5) is 0 Å². The van der Waals surface area contributed by atoms with E-state index in [9.17, 15) is 9.59 Å². The Morgan fingerprint density at radius 2 is 2.05 bits per heavy atom. The summed E-state index contributed by atoms with van der Waals surface area (Å²) in [5.41, 5.74) is 0.509. The number of hydrogen-bond donors (Lipinski definition) is 1. The molecule has 0 aromatic heterocycles. The van der Waals surface area contributed by atoms with E-state index in [1.807, 2.05) is 4.90 Å². The van der Waals surface area contributed by atoms with Crippen LogP contribution in [0.25, 0.3) is 0 Å². The Labute approximate surface area is 124 Å². The first-order valence-corrected chi connectivity index (χ1v) is 7.25. The molecule has 5 heteroatoms. The van der Waals surface area contributed by atoms with Gasteiger partial charge in [0.05, 0.1) is 6.54 Å². The van der Waals surface area contributed by atoms with Crippen molar-refractivity contribution in [2.45, 2.75) is 19.8 Å². The van der Waals surface area contributed by atoms with Crippen LogP contribution in [-0.2, 0) is 4.79 Å². The Bertz CT molecular complexity index is 487. The van der Waals surface area contributed by atoms with Gasteiger partial charge in [-0.3, -0.25) is 9.59 Å². The van der Waals surface area contributed by atoms with Crippen molar-refractivity contribution in [3.05, 3.63) is 34.9 Å². The third-order valence-electron chi connectivity index (χ3n) is 3.52. The van der Waals surface area contributed by atoms with Crippen LogP contribution in [0.2, 0.25) is 5.02 Å². The van der Waals surface area contributed by atoms with Gasteiger partial charge in [0.1, 0.15) is 0 Å². The second kappa shape index (κ2) is 6.75. The van der Waals surface area contributed by atoms with E-state index >= 15 is 0 Å². The van der Waals surface area contributed by atoms with Crippen LogP contribution in [0.15, 0.2) is 24.3 Å². The highest BCUT2D eigenvalue weighted by Gasteiger charge is 2.21. The van der Waals surface area contributed by atoms with Gasteiger partial charge >= 0.3 is 0 Å². The van der Waals surface area contributed by atoms with Gasteiger partial charge in [0.2, 0.25) is 5.91 Å². The molecule has 0 spiro atoms. The fourth-order valence-corrected chi connectivity index (χ4v) is 2.51. The minimum Gasteiger partial charge on any atom is -0.343 e. The molecular weight excluding hydrogens is 276 g/mol. The molecule has 1 atom stereocenters. The number of nitrogens with zero attached hydrogens (tertiary/aromatic N) is 1. The molecule has 2 amide bonds. The average molecular weight is 295 g/mol. The summed E-state index contributed by atoms with van der Waals surface area (Å²) in [7, 11) is 0. The lowest BCUT2D eigenvalue weighted by Gasteiger charge is -2.31. The summed E-state index contributed by atoms with van der Waals surface area (Å²) >= 11 is 5.77. The Morgan fingerprint density at radius 1 is 1.35 bits per heavy atom. The number of carbonyl (C=O) groups is 2. The van der Waals surface area contributed by atoms with Crippen molar-refractivity contribution in [2.75, 3.05) is 19.6 Å². The molecule has 1 aliphatic rings. The average Bonchev–Trinajstić information content (AvgIpc) is 2.45. The van der Waals surface area contributed by atoms with Gasteiger partial charge in [0, 0.05) is 23.7 Å². The molecule has 4 nitrogen and oxygen atoms in total. The van der Waals surface area contributed by atoms with Crippen LogP contribution in [0.1, 0.15) is 30.1 Å². The molecule has 1 heterocycles. The third-order valence-corrected chi connectivity index (χ3v) is 3.77. The number of nitrogens with one attached hydrogen (secondary N) is 1. The first kappa shape index (κ1) is 14.9. The van der Waals surface area contributed by atoms with Crippen LogP contribution < -0.4 is 5.32 Å². The van der Waals surface area contributed by atoms with Crippen LogP contribution >= 0.6 is 11.6 Å². The van der Waals surface area contributed by atoms with Gasteiger partial charge in [0.25, 0.3) is 5.91 Å². The number of likely N-dealkylation sites (tertiary alicyclic amines) is 1. The van der Waals surface area contributed by atoms with Crippen LogP contribution in [0, 0.1) is 5.92 Å². The molecule has 0 radical (unpaired) electrons. The van der Waals surface area contributed by atoms with E-state index in [0.29, 0.717) is 16.5 Å². The molecule has 0 saturated carbocycles. The van der Waals surface area contributed by atoms with Gasteiger partial charge in [-0.15, -0.1) is 0 Å². The highest BCUT2D eigenvalue weighted by molar-refractivity contribution is 6.30. The number of hydrogen-bond acceptors (Lipinski definition) is 2. The number of amides is 2. The second-order valence-corrected chi connectivity index (χ2v) is 5.71. The first-order chi connectivity index (χ1) is 9.56. The topological polar surface area (TPSA) is 49.4 Å².